The van der Waals surface area contributed by atoms with E-state index in [1.165, 1.54) is 17.5 Å². The van der Waals surface area contributed by atoms with Gasteiger partial charge in [-0.2, -0.15) is 0 Å². The lowest BCUT2D eigenvalue weighted by atomic mass is 10.0. The van der Waals surface area contributed by atoms with Crippen molar-refractivity contribution in [2.45, 2.75) is 24.9 Å². The molecule has 27 heavy (non-hydrogen) atoms. The van der Waals surface area contributed by atoms with Crippen LogP contribution in [0.15, 0.2) is 36.5 Å². The average molecular weight is 401 g/mol. The van der Waals surface area contributed by atoms with Crippen molar-refractivity contribution in [3.63, 3.8) is 0 Å². The first-order valence-electron chi connectivity index (χ1n) is 9.28. The molecule has 0 radical (unpaired) electrons. The van der Waals surface area contributed by atoms with E-state index in [1.54, 1.807) is 24.6 Å². The van der Waals surface area contributed by atoms with Crippen LogP contribution in [-0.2, 0) is 0 Å². The van der Waals surface area contributed by atoms with Gasteiger partial charge in [-0.05, 0) is 30.5 Å². The van der Waals surface area contributed by atoms with Crippen LogP contribution in [0.2, 0.25) is 5.02 Å². The summed E-state index contributed by atoms with van der Waals surface area (Å²) in [5, 5.41) is 1.80. The summed E-state index contributed by atoms with van der Waals surface area (Å²) < 4.78 is 6.58. The summed E-state index contributed by atoms with van der Waals surface area (Å²) in [5.41, 5.74) is 2.17. The normalized spacial score (nSPS) is 21.0. The van der Waals surface area contributed by atoms with Crippen molar-refractivity contribution in [2.75, 3.05) is 31.6 Å². The molecule has 0 amide bonds. The third-order valence-corrected chi connectivity index (χ3v) is 6.83. The van der Waals surface area contributed by atoms with Crippen molar-refractivity contribution in [1.29, 1.82) is 0 Å². The smallest absolute Gasteiger partial charge is 0.213 e. The molecule has 1 aliphatic heterocycles. The van der Waals surface area contributed by atoms with Crippen LogP contribution >= 0.6 is 22.9 Å². The number of rotatable bonds is 4. The van der Waals surface area contributed by atoms with Gasteiger partial charge in [0.1, 0.15) is 0 Å². The van der Waals surface area contributed by atoms with Gasteiger partial charge in [0.05, 0.1) is 28.4 Å². The number of para-hydroxylation sites is 1. The third-order valence-electron chi connectivity index (χ3n) is 5.42. The standard InChI is InChI=1S/C20H21ClN4OS/c1-26-19-10-14(15(21)11-22-19)17-12-24(8-9-25(17)13-6-7-13)20-23-16-4-2-3-5-18(16)27-20/h2-5,10-11,13,17H,6-9,12H2,1H3. The van der Waals surface area contributed by atoms with Crippen LogP contribution in [-0.4, -0.2) is 47.7 Å². The van der Waals surface area contributed by atoms with Crippen LogP contribution in [0.3, 0.4) is 0 Å². The molecule has 2 fully saturated rings. The van der Waals surface area contributed by atoms with Crippen LogP contribution in [0.5, 0.6) is 5.88 Å². The molecule has 0 spiro atoms. The largest absolute Gasteiger partial charge is 0.481 e. The lowest BCUT2D eigenvalue weighted by Gasteiger charge is -2.42. The van der Waals surface area contributed by atoms with Crippen molar-refractivity contribution in [1.82, 2.24) is 14.9 Å². The lowest BCUT2D eigenvalue weighted by molar-refractivity contribution is 0.167. The van der Waals surface area contributed by atoms with Gasteiger partial charge in [-0.1, -0.05) is 35.1 Å². The minimum Gasteiger partial charge on any atom is -0.481 e. The van der Waals surface area contributed by atoms with Crippen molar-refractivity contribution >= 4 is 38.3 Å². The zero-order chi connectivity index (χ0) is 18.4. The van der Waals surface area contributed by atoms with Crippen molar-refractivity contribution in [3.05, 3.63) is 47.1 Å². The Kier molecular flexibility index (Phi) is 4.42. The first kappa shape index (κ1) is 17.2. The van der Waals surface area contributed by atoms with Gasteiger partial charge in [0.2, 0.25) is 5.88 Å². The number of methoxy groups -OCH3 is 1. The monoisotopic (exact) mass is 400 g/mol. The van der Waals surface area contributed by atoms with E-state index in [0.717, 1.165) is 35.8 Å². The fraction of sp³-hybridized carbons (Fsp3) is 0.400. The zero-order valence-electron chi connectivity index (χ0n) is 15.1. The molecule has 5 nitrogen and oxygen atoms in total. The quantitative estimate of drug-likeness (QED) is 0.650. The minimum absolute atomic E-state index is 0.225. The minimum atomic E-state index is 0.225. The van der Waals surface area contributed by atoms with Gasteiger partial charge in [0, 0.05) is 37.9 Å². The number of anilines is 1. The second kappa shape index (κ2) is 6.93. The molecule has 1 aromatic carbocycles. The maximum atomic E-state index is 6.56. The predicted octanol–water partition coefficient (Wildman–Crippen LogP) is 4.38. The molecule has 1 atom stereocenters. The Hall–Kier alpha value is -1.89. The molecule has 2 aliphatic rings. The Morgan fingerprint density at radius 3 is 2.85 bits per heavy atom. The fourth-order valence-corrected chi connectivity index (χ4v) is 5.12. The van der Waals surface area contributed by atoms with Gasteiger partial charge >= 0.3 is 0 Å². The lowest BCUT2D eigenvalue weighted by Crippen LogP contribution is -2.49. The molecule has 1 saturated carbocycles. The zero-order valence-corrected chi connectivity index (χ0v) is 16.7. The van der Waals surface area contributed by atoms with E-state index in [4.69, 9.17) is 21.3 Å². The maximum Gasteiger partial charge on any atom is 0.213 e. The van der Waals surface area contributed by atoms with Crippen LogP contribution in [0, 0.1) is 0 Å². The van der Waals surface area contributed by atoms with Crippen molar-refractivity contribution < 1.29 is 4.74 Å². The molecule has 0 N–H and O–H groups in total. The molecular weight excluding hydrogens is 380 g/mol. The van der Waals surface area contributed by atoms with Gasteiger partial charge in [-0.25, -0.2) is 9.97 Å². The maximum absolute atomic E-state index is 6.56. The van der Waals surface area contributed by atoms with Gasteiger partial charge in [0.25, 0.3) is 0 Å². The number of aromatic nitrogens is 2. The van der Waals surface area contributed by atoms with Crippen LogP contribution in [0.4, 0.5) is 5.13 Å². The highest BCUT2D eigenvalue weighted by Crippen LogP contribution is 2.41. The summed E-state index contributed by atoms with van der Waals surface area (Å²) in [6.45, 7) is 2.89. The summed E-state index contributed by atoms with van der Waals surface area (Å²) in [6.07, 6.45) is 4.26. The number of benzene rings is 1. The molecule has 7 heteroatoms. The summed E-state index contributed by atoms with van der Waals surface area (Å²) in [4.78, 5) is 14.1. The number of pyridine rings is 1. The fourth-order valence-electron chi connectivity index (χ4n) is 3.89. The molecule has 140 valence electrons. The topological polar surface area (TPSA) is 41.5 Å². The Labute approximate surface area is 167 Å². The van der Waals surface area contributed by atoms with Gasteiger partial charge in [0.15, 0.2) is 5.13 Å². The van der Waals surface area contributed by atoms with Crippen molar-refractivity contribution in [2.24, 2.45) is 0 Å². The van der Waals surface area contributed by atoms with Gasteiger partial charge in [-0.3, -0.25) is 4.90 Å². The second-order valence-electron chi connectivity index (χ2n) is 7.14. The number of halogens is 1. The average Bonchev–Trinajstić information content (AvgIpc) is 3.46. The van der Waals surface area contributed by atoms with Crippen LogP contribution in [0.25, 0.3) is 10.2 Å². The summed E-state index contributed by atoms with van der Waals surface area (Å²) in [7, 11) is 1.65. The highest BCUT2D eigenvalue weighted by atomic mass is 35.5. The third kappa shape index (κ3) is 3.26. The number of hydrogen-bond acceptors (Lipinski definition) is 6. The highest BCUT2D eigenvalue weighted by molar-refractivity contribution is 7.22. The molecular formula is C20H21ClN4OS. The molecule has 2 aromatic heterocycles. The number of piperazine rings is 1. The summed E-state index contributed by atoms with van der Waals surface area (Å²) >= 11 is 8.32. The molecule has 1 unspecified atom stereocenters. The Morgan fingerprint density at radius 2 is 2.07 bits per heavy atom. The molecule has 1 saturated heterocycles. The Morgan fingerprint density at radius 1 is 1.22 bits per heavy atom. The number of thiazole rings is 1. The highest BCUT2D eigenvalue weighted by Gasteiger charge is 2.39. The second-order valence-corrected chi connectivity index (χ2v) is 8.56. The predicted molar refractivity (Wildman–Crippen MR) is 110 cm³/mol. The Bertz CT molecular complexity index is 941. The molecule has 3 aromatic rings. The van der Waals surface area contributed by atoms with E-state index >= 15 is 0 Å². The van der Waals surface area contributed by atoms with Crippen LogP contribution < -0.4 is 9.64 Å². The Balaban J connectivity index is 1.49. The summed E-state index contributed by atoms with van der Waals surface area (Å²) in [6, 6.07) is 11.2. The number of hydrogen-bond donors (Lipinski definition) is 0. The van der Waals surface area contributed by atoms with Crippen LogP contribution in [0.1, 0.15) is 24.4 Å². The van der Waals surface area contributed by atoms with E-state index < -0.39 is 0 Å². The van der Waals surface area contributed by atoms with Gasteiger partial charge in [-0.15, -0.1) is 0 Å². The SMILES string of the molecule is COc1cc(C2CN(c3nc4ccccc4s3)CCN2C2CC2)c(Cl)cn1. The first-order chi connectivity index (χ1) is 13.2. The number of nitrogens with zero attached hydrogens (tertiary/aromatic N) is 4. The molecule has 1 aliphatic carbocycles. The number of ether oxygens (including phenoxy) is 1. The molecule has 0 bridgehead atoms. The van der Waals surface area contributed by atoms with E-state index in [-0.39, 0.29) is 6.04 Å². The van der Waals surface area contributed by atoms with E-state index in [1.807, 2.05) is 12.1 Å². The van der Waals surface area contributed by atoms with Crippen molar-refractivity contribution in [3.8, 4) is 5.88 Å². The van der Waals surface area contributed by atoms with Gasteiger partial charge < -0.3 is 9.64 Å². The first-order valence-corrected chi connectivity index (χ1v) is 10.5. The van der Waals surface area contributed by atoms with E-state index in [9.17, 15) is 0 Å². The molecule has 5 rings (SSSR count). The summed E-state index contributed by atoms with van der Waals surface area (Å²) in [5.74, 6) is 0.613. The molecule has 3 heterocycles. The van der Waals surface area contributed by atoms with E-state index in [0.29, 0.717) is 16.9 Å². The number of fused-ring (bicyclic) bond motifs is 1. The van der Waals surface area contributed by atoms with E-state index in [2.05, 4.69) is 33.0 Å².